The van der Waals surface area contributed by atoms with Gasteiger partial charge in [-0.05, 0) is 18.1 Å². The lowest BCUT2D eigenvalue weighted by molar-refractivity contribution is 0.451. The van der Waals surface area contributed by atoms with Crippen molar-refractivity contribution >= 4 is 0 Å². The molecule has 0 fully saturated rings. The average molecular weight is 202 g/mol. The Kier molecular flexibility index (Phi) is 1.64. The molecule has 2 aliphatic carbocycles. The minimum Gasteiger partial charge on any atom is -0.508 e. The standard InChI is InChI=1S/C13H14O2/c1-2-7-8-3-4-9(7)13-11(15)6-5-10(14)12(8)13/h3-9,14-15H,2H2,1H3. The molecule has 0 amide bonds. The van der Waals surface area contributed by atoms with Gasteiger partial charge < -0.3 is 10.2 Å². The quantitative estimate of drug-likeness (QED) is 0.543. The van der Waals surface area contributed by atoms with E-state index in [1.165, 1.54) is 0 Å². The van der Waals surface area contributed by atoms with Crippen LogP contribution < -0.4 is 0 Å². The normalized spacial score (nSPS) is 30.9. The first-order valence-electron chi connectivity index (χ1n) is 5.47. The SMILES string of the molecule is CCC1C2C=CC1c1c(O)ccc(O)c12. The molecule has 0 saturated carbocycles. The van der Waals surface area contributed by atoms with Gasteiger partial charge in [-0.2, -0.15) is 0 Å². The van der Waals surface area contributed by atoms with Crippen LogP contribution in [-0.2, 0) is 0 Å². The topological polar surface area (TPSA) is 40.5 Å². The number of allylic oxidation sites excluding steroid dienone is 2. The van der Waals surface area contributed by atoms with E-state index >= 15 is 0 Å². The summed E-state index contributed by atoms with van der Waals surface area (Å²) in [6.07, 6.45) is 5.41. The molecule has 0 heterocycles. The highest BCUT2D eigenvalue weighted by molar-refractivity contribution is 5.60. The second-order valence-electron chi connectivity index (χ2n) is 4.44. The summed E-state index contributed by atoms with van der Waals surface area (Å²) < 4.78 is 0. The minimum atomic E-state index is 0.307. The monoisotopic (exact) mass is 202 g/mol. The number of hydrogen-bond donors (Lipinski definition) is 2. The molecular formula is C13H14O2. The third-order valence-corrected chi connectivity index (χ3v) is 3.83. The number of phenolic OH excluding ortho intramolecular Hbond substituents is 2. The summed E-state index contributed by atoms with van der Waals surface area (Å²) in [7, 11) is 0. The maximum absolute atomic E-state index is 9.85. The van der Waals surface area contributed by atoms with Gasteiger partial charge in [0, 0.05) is 23.0 Å². The van der Waals surface area contributed by atoms with E-state index in [0.29, 0.717) is 29.3 Å². The van der Waals surface area contributed by atoms with Gasteiger partial charge in [-0.1, -0.05) is 25.5 Å². The number of aromatic hydroxyl groups is 2. The highest BCUT2D eigenvalue weighted by atomic mass is 16.3. The van der Waals surface area contributed by atoms with Gasteiger partial charge in [-0.3, -0.25) is 0 Å². The van der Waals surface area contributed by atoms with Crippen molar-refractivity contribution < 1.29 is 10.2 Å². The van der Waals surface area contributed by atoms with Crippen LogP contribution in [0.4, 0.5) is 0 Å². The van der Waals surface area contributed by atoms with Gasteiger partial charge in [0.25, 0.3) is 0 Å². The lowest BCUT2D eigenvalue weighted by Gasteiger charge is -2.13. The summed E-state index contributed by atoms with van der Waals surface area (Å²) >= 11 is 0. The Morgan fingerprint density at radius 3 is 1.87 bits per heavy atom. The Hall–Kier alpha value is -1.44. The van der Waals surface area contributed by atoms with Crippen LogP contribution in [0.15, 0.2) is 24.3 Å². The molecule has 2 aliphatic rings. The fourth-order valence-corrected chi connectivity index (χ4v) is 3.19. The van der Waals surface area contributed by atoms with Crippen LogP contribution in [-0.4, -0.2) is 10.2 Å². The Morgan fingerprint density at radius 1 is 1.00 bits per heavy atom. The van der Waals surface area contributed by atoms with Gasteiger partial charge in [0.05, 0.1) is 0 Å². The fourth-order valence-electron chi connectivity index (χ4n) is 3.19. The van der Waals surface area contributed by atoms with E-state index in [9.17, 15) is 10.2 Å². The first kappa shape index (κ1) is 8.84. The van der Waals surface area contributed by atoms with Crippen LogP contribution in [0.1, 0.15) is 36.3 Å². The van der Waals surface area contributed by atoms with Crippen molar-refractivity contribution in [2.45, 2.75) is 25.2 Å². The van der Waals surface area contributed by atoms with E-state index < -0.39 is 0 Å². The van der Waals surface area contributed by atoms with Crippen LogP contribution in [0, 0.1) is 5.92 Å². The van der Waals surface area contributed by atoms with E-state index in [2.05, 4.69) is 19.1 Å². The molecule has 0 aliphatic heterocycles. The zero-order valence-electron chi connectivity index (χ0n) is 8.64. The predicted molar refractivity (Wildman–Crippen MR) is 58.2 cm³/mol. The fraction of sp³-hybridized carbons (Fsp3) is 0.385. The first-order chi connectivity index (χ1) is 7.24. The third-order valence-electron chi connectivity index (χ3n) is 3.83. The lowest BCUT2D eigenvalue weighted by Crippen LogP contribution is -2.01. The first-order valence-corrected chi connectivity index (χ1v) is 5.47. The van der Waals surface area contributed by atoms with Crippen LogP contribution in [0.2, 0.25) is 0 Å². The molecule has 0 saturated heterocycles. The lowest BCUT2D eigenvalue weighted by atomic mass is 9.91. The summed E-state index contributed by atoms with van der Waals surface area (Å²) in [5, 5.41) is 19.7. The zero-order chi connectivity index (χ0) is 10.6. The van der Waals surface area contributed by atoms with Crippen molar-refractivity contribution in [2.24, 2.45) is 5.92 Å². The van der Waals surface area contributed by atoms with Crippen LogP contribution >= 0.6 is 0 Å². The summed E-state index contributed by atoms with van der Waals surface area (Å²) in [5.41, 5.74) is 1.91. The Morgan fingerprint density at radius 2 is 1.47 bits per heavy atom. The average Bonchev–Trinajstić information content (AvgIpc) is 2.78. The van der Waals surface area contributed by atoms with Gasteiger partial charge in [-0.15, -0.1) is 0 Å². The van der Waals surface area contributed by atoms with Crippen LogP contribution in [0.3, 0.4) is 0 Å². The van der Waals surface area contributed by atoms with Crippen molar-refractivity contribution in [2.75, 3.05) is 0 Å². The van der Waals surface area contributed by atoms with Crippen molar-refractivity contribution in [3.63, 3.8) is 0 Å². The molecule has 2 heteroatoms. The number of benzene rings is 1. The molecule has 1 aromatic rings. The molecule has 2 bridgehead atoms. The molecule has 2 unspecified atom stereocenters. The molecule has 0 spiro atoms. The Labute approximate surface area is 88.9 Å². The van der Waals surface area contributed by atoms with Crippen LogP contribution in [0.5, 0.6) is 11.5 Å². The number of fused-ring (bicyclic) bond motifs is 5. The van der Waals surface area contributed by atoms with Crippen molar-refractivity contribution in [1.82, 2.24) is 0 Å². The Bertz CT molecular complexity index is 409. The van der Waals surface area contributed by atoms with Gasteiger partial charge >= 0.3 is 0 Å². The van der Waals surface area contributed by atoms with Gasteiger partial charge in [0.2, 0.25) is 0 Å². The number of phenols is 2. The van der Waals surface area contributed by atoms with E-state index in [-0.39, 0.29) is 0 Å². The molecule has 2 atom stereocenters. The summed E-state index contributed by atoms with van der Waals surface area (Å²) in [4.78, 5) is 0. The van der Waals surface area contributed by atoms with E-state index in [0.717, 1.165) is 17.5 Å². The molecule has 15 heavy (non-hydrogen) atoms. The van der Waals surface area contributed by atoms with Gasteiger partial charge in [0.15, 0.2) is 0 Å². The van der Waals surface area contributed by atoms with Crippen molar-refractivity contribution in [1.29, 1.82) is 0 Å². The summed E-state index contributed by atoms with van der Waals surface area (Å²) in [6.45, 7) is 2.16. The van der Waals surface area contributed by atoms with Crippen molar-refractivity contribution in [3.05, 3.63) is 35.4 Å². The van der Waals surface area contributed by atoms with Gasteiger partial charge in [0.1, 0.15) is 11.5 Å². The van der Waals surface area contributed by atoms with Crippen molar-refractivity contribution in [3.8, 4) is 11.5 Å². The zero-order valence-corrected chi connectivity index (χ0v) is 8.64. The molecule has 1 aromatic carbocycles. The molecule has 2 nitrogen and oxygen atoms in total. The largest absolute Gasteiger partial charge is 0.508 e. The van der Waals surface area contributed by atoms with Crippen LogP contribution in [0.25, 0.3) is 0 Å². The smallest absolute Gasteiger partial charge is 0.119 e. The number of rotatable bonds is 1. The minimum absolute atomic E-state index is 0.307. The third kappa shape index (κ3) is 0.942. The number of hydrogen-bond acceptors (Lipinski definition) is 2. The maximum Gasteiger partial charge on any atom is 0.119 e. The van der Waals surface area contributed by atoms with E-state index in [1.54, 1.807) is 12.1 Å². The molecular weight excluding hydrogens is 188 g/mol. The molecule has 78 valence electrons. The van der Waals surface area contributed by atoms with E-state index in [4.69, 9.17) is 0 Å². The molecule has 3 rings (SSSR count). The van der Waals surface area contributed by atoms with E-state index in [1.807, 2.05) is 0 Å². The second-order valence-corrected chi connectivity index (χ2v) is 4.44. The highest BCUT2D eigenvalue weighted by Crippen LogP contribution is 2.58. The summed E-state index contributed by atoms with van der Waals surface area (Å²) in [6, 6.07) is 3.19. The molecule has 0 aromatic heterocycles. The predicted octanol–water partition coefficient (Wildman–Crippen LogP) is 2.87. The molecule has 0 radical (unpaired) electrons. The highest BCUT2D eigenvalue weighted by Gasteiger charge is 2.44. The second kappa shape index (κ2) is 2.78. The Balaban J connectivity index is 2.23. The maximum atomic E-state index is 9.85. The summed E-state index contributed by atoms with van der Waals surface area (Å²) in [5.74, 6) is 1.81. The molecule has 2 N–H and O–H groups in total. The van der Waals surface area contributed by atoms with Gasteiger partial charge in [-0.25, -0.2) is 0 Å².